The molecule has 0 saturated carbocycles. The Bertz CT molecular complexity index is 350. The molecule has 1 aromatic heterocycles. The van der Waals surface area contributed by atoms with Crippen LogP contribution in [0, 0.1) is 5.92 Å². The maximum absolute atomic E-state index is 5.69. The molecule has 17 heavy (non-hydrogen) atoms. The largest absolute Gasteiger partial charge is 0.378 e. The maximum Gasteiger partial charge on any atom is 0.126 e. The van der Waals surface area contributed by atoms with Crippen molar-refractivity contribution in [1.82, 2.24) is 14.9 Å². The van der Waals surface area contributed by atoms with E-state index < -0.39 is 0 Å². The molecule has 2 heterocycles. The van der Waals surface area contributed by atoms with E-state index in [1.54, 1.807) is 0 Å². The molecular weight excluding hydrogens is 214 g/mol. The van der Waals surface area contributed by atoms with Crippen molar-refractivity contribution >= 4 is 0 Å². The van der Waals surface area contributed by atoms with Gasteiger partial charge in [0, 0.05) is 24.9 Å². The highest BCUT2D eigenvalue weighted by atomic mass is 16.5. The fourth-order valence-electron chi connectivity index (χ4n) is 2.64. The summed E-state index contributed by atoms with van der Waals surface area (Å²) in [5, 5.41) is 3.56. The first-order valence-electron chi connectivity index (χ1n) is 6.62. The molecule has 3 atom stereocenters. The summed E-state index contributed by atoms with van der Waals surface area (Å²) in [7, 11) is 0. The molecule has 1 aliphatic heterocycles. The van der Waals surface area contributed by atoms with Gasteiger partial charge in [-0.3, -0.25) is 0 Å². The fourth-order valence-corrected chi connectivity index (χ4v) is 2.64. The number of hydrogen-bond acceptors (Lipinski definition) is 3. The molecule has 1 N–H and O–H groups in total. The summed E-state index contributed by atoms with van der Waals surface area (Å²) in [5.41, 5.74) is 0. The van der Waals surface area contributed by atoms with Crippen LogP contribution >= 0.6 is 0 Å². The SMILES string of the molecule is CCNC(c1nccn1CC)C1COC(C)C1. The molecule has 3 unspecified atom stereocenters. The van der Waals surface area contributed by atoms with E-state index in [0.717, 1.165) is 31.9 Å². The predicted molar refractivity (Wildman–Crippen MR) is 67.8 cm³/mol. The van der Waals surface area contributed by atoms with Crippen molar-refractivity contribution < 1.29 is 4.74 Å². The van der Waals surface area contributed by atoms with Crippen molar-refractivity contribution in [2.75, 3.05) is 13.2 Å². The summed E-state index contributed by atoms with van der Waals surface area (Å²) in [6, 6.07) is 0.319. The Labute approximate surface area is 103 Å². The topological polar surface area (TPSA) is 39.1 Å². The van der Waals surface area contributed by atoms with E-state index in [4.69, 9.17) is 4.74 Å². The first kappa shape index (κ1) is 12.6. The van der Waals surface area contributed by atoms with Crippen LogP contribution in [0.2, 0.25) is 0 Å². The first-order chi connectivity index (χ1) is 8.26. The molecule has 2 rings (SSSR count). The third-order valence-electron chi connectivity index (χ3n) is 3.49. The molecule has 0 bridgehead atoms. The molecule has 0 radical (unpaired) electrons. The van der Waals surface area contributed by atoms with Gasteiger partial charge in [-0.25, -0.2) is 4.98 Å². The minimum atomic E-state index is 0.319. The van der Waals surface area contributed by atoms with E-state index >= 15 is 0 Å². The number of ether oxygens (including phenoxy) is 1. The standard InChI is InChI=1S/C13H23N3O/c1-4-14-12(11-8-10(3)17-9-11)13-15-6-7-16(13)5-2/h6-7,10-12,14H,4-5,8-9H2,1-3H3. The van der Waals surface area contributed by atoms with Gasteiger partial charge in [0.2, 0.25) is 0 Å². The molecule has 0 spiro atoms. The third kappa shape index (κ3) is 2.69. The molecular formula is C13H23N3O. The van der Waals surface area contributed by atoms with Crippen LogP contribution in [0.4, 0.5) is 0 Å². The Hall–Kier alpha value is -0.870. The third-order valence-corrected chi connectivity index (χ3v) is 3.49. The van der Waals surface area contributed by atoms with Crippen molar-refractivity contribution in [3.63, 3.8) is 0 Å². The average molecular weight is 237 g/mol. The summed E-state index contributed by atoms with van der Waals surface area (Å²) < 4.78 is 7.91. The molecule has 4 heteroatoms. The van der Waals surface area contributed by atoms with Crippen LogP contribution < -0.4 is 5.32 Å². The predicted octanol–water partition coefficient (Wildman–Crippen LogP) is 1.98. The number of hydrogen-bond donors (Lipinski definition) is 1. The molecule has 1 fully saturated rings. The quantitative estimate of drug-likeness (QED) is 0.851. The Morgan fingerprint density at radius 2 is 2.41 bits per heavy atom. The number of nitrogens with one attached hydrogen (secondary N) is 1. The van der Waals surface area contributed by atoms with Gasteiger partial charge in [0.15, 0.2) is 0 Å². The number of rotatable bonds is 5. The van der Waals surface area contributed by atoms with Crippen molar-refractivity contribution in [2.24, 2.45) is 5.92 Å². The highest BCUT2D eigenvalue weighted by molar-refractivity contribution is 5.03. The summed E-state index contributed by atoms with van der Waals surface area (Å²) >= 11 is 0. The van der Waals surface area contributed by atoms with Crippen LogP contribution in [0.15, 0.2) is 12.4 Å². The zero-order valence-electron chi connectivity index (χ0n) is 11.0. The second-order valence-corrected chi connectivity index (χ2v) is 4.75. The molecule has 0 aromatic carbocycles. The zero-order chi connectivity index (χ0) is 12.3. The minimum Gasteiger partial charge on any atom is -0.378 e. The molecule has 0 aliphatic carbocycles. The zero-order valence-corrected chi connectivity index (χ0v) is 11.0. The Morgan fingerprint density at radius 1 is 1.59 bits per heavy atom. The fraction of sp³-hybridized carbons (Fsp3) is 0.769. The number of aromatic nitrogens is 2. The van der Waals surface area contributed by atoms with Crippen molar-refractivity contribution in [1.29, 1.82) is 0 Å². The van der Waals surface area contributed by atoms with Gasteiger partial charge >= 0.3 is 0 Å². The summed E-state index contributed by atoms with van der Waals surface area (Å²) in [4.78, 5) is 4.52. The van der Waals surface area contributed by atoms with Gasteiger partial charge in [-0.15, -0.1) is 0 Å². The van der Waals surface area contributed by atoms with Crippen LogP contribution in [-0.4, -0.2) is 28.8 Å². The van der Waals surface area contributed by atoms with Gasteiger partial charge in [-0.05, 0) is 26.8 Å². The van der Waals surface area contributed by atoms with E-state index in [-0.39, 0.29) is 0 Å². The number of nitrogens with zero attached hydrogens (tertiary/aromatic N) is 2. The maximum atomic E-state index is 5.69. The lowest BCUT2D eigenvalue weighted by Gasteiger charge is -2.23. The Balaban J connectivity index is 2.16. The Kier molecular flexibility index (Phi) is 4.18. The molecule has 96 valence electrons. The highest BCUT2D eigenvalue weighted by Crippen LogP contribution is 2.30. The second-order valence-electron chi connectivity index (χ2n) is 4.75. The second kappa shape index (κ2) is 5.65. The molecule has 0 amide bonds. The Morgan fingerprint density at radius 3 is 3.00 bits per heavy atom. The lowest BCUT2D eigenvalue weighted by molar-refractivity contribution is 0.116. The van der Waals surface area contributed by atoms with Gasteiger partial charge in [0.05, 0.1) is 18.8 Å². The van der Waals surface area contributed by atoms with Crippen molar-refractivity contribution in [3.8, 4) is 0 Å². The lowest BCUT2D eigenvalue weighted by atomic mass is 9.96. The first-order valence-corrected chi connectivity index (χ1v) is 6.62. The van der Waals surface area contributed by atoms with Crippen LogP contribution in [-0.2, 0) is 11.3 Å². The van der Waals surface area contributed by atoms with E-state index in [2.05, 4.69) is 41.8 Å². The lowest BCUT2D eigenvalue weighted by Crippen LogP contribution is -2.31. The highest BCUT2D eigenvalue weighted by Gasteiger charge is 2.32. The number of aryl methyl sites for hydroxylation is 1. The van der Waals surface area contributed by atoms with Gasteiger partial charge in [-0.2, -0.15) is 0 Å². The van der Waals surface area contributed by atoms with Crippen LogP contribution in [0.5, 0.6) is 0 Å². The van der Waals surface area contributed by atoms with Gasteiger partial charge in [0.1, 0.15) is 5.82 Å². The molecule has 1 aliphatic rings. The van der Waals surface area contributed by atoms with E-state index in [9.17, 15) is 0 Å². The summed E-state index contributed by atoms with van der Waals surface area (Å²) in [6.07, 6.45) is 5.45. The van der Waals surface area contributed by atoms with E-state index in [1.165, 1.54) is 0 Å². The van der Waals surface area contributed by atoms with Gasteiger partial charge < -0.3 is 14.6 Å². The molecule has 1 aromatic rings. The van der Waals surface area contributed by atoms with Gasteiger partial charge in [-0.1, -0.05) is 6.92 Å². The summed E-state index contributed by atoms with van der Waals surface area (Å²) in [6.45, 7) is 9.23. The summed E-state index contributed by atoms with van der Waals surface area (Å²) in [5.74, 6) is 1.69. The molecule has 1 saturated heterocycles. The molecule has 4 nitrogen and oxygen atoms in total. The minimum absolute atomic E-state index is 0.319. The normalized spacial score (nSPS) is 26.3. The van der Waals surface area contributed by atoms with Gasteiger partial charge in [0.25, 0.3) is 0 Å². The smallest absolute Gasteiger partial charge is 0.126 e. The van der Waals surface area contributed by atoms with Crippen LogP contribution in [0.1, 0.15) is 39.1 Å². The van der Waals surface area contributed by atoms with Crippen LogP contribution in [0.25, 0.3) is 0 Å². The monoisotopic (exact) mass is 237 g/mol. The van der Waals surface area contributed by atoms with Crippen LogP contribution in [0.3, 0.4) is 0 Å². The van der Waals surface area contributed by atoms with Crippen molar-refractivity contribution in [3.05, 3.63) is 18.2 Å². The average Bonchev–Trinajstić information content (AvgIpc) is 2.94. The number of imidazole rings is 1. The van der Waals surface area contributed by atoms with E-state index in [0.29, 0.717) is 18.1 Å². The van der Waals surface area contributed by atoms with E-state index in [1.807, 2.05) is 6.20 Å². The van der Waals surface area contributed by atoms with Crippen molar-refractivity contribution in [2.45, 2.75) is 45.9 Å².